The first-order valence-electron chi connectivity index (χ1n) is 7.73. The van der Waals surface area contributed by atoms with Gasteiger partial charge in [0.2, 0.25) is 0 Å². The van der Waals surface area contributed by atoms with Crippen LogP contribution in [0, 0.1) is 0 Å². The second-order valence-corrected chi connectivity index (χ2v) is 6.83. The van der Waals surface area contributed by atoms with Crippen LogP contribution in [-0.4, -0.2) is 31.6 Å². The van der Waals surface area contributed by atoms with Gasteiger partial charge in [0.15, 0.2) is 0 Å². The van der Waals surface area contributed by atoms with Crippen molar-refractivity contribution in [3.05, 3.63) is 34.0 Å². The summed E-state index contributed by atoms with van der Waals surface area (Å²) >= 11 is 1.65. The number of hydrogen-bond acceptors (Lipinski definition) is 5. The largest absolute Gasteiger partial charge is 0.325 e. The summed E-state index contributed by atoms with van der Waals surface area (Å²) < 4.78 is 1.70. The number of urea groups is 1. The van der Waals surface area contributed by atoms with Crippen molar-refractivity contribution in [2.45, 2.75) is 44.8 Å². The number of fused-ring (bicyclic) bond motifs is 2. The molecule has 0 aromatic carbocycles. The average Bonchev–Trinajstić information content (AvgIpc) is 3.24. The Hall–Kier alpha value is -2.22. The van der Waals surface area contributed by atoms with Crippen LogP contribution in [0.1, 0.15) is 36.0 Å². The van der Waals surface area contributed by atoms with E-state index >= 15 is 0 Å². The first kappa shape index (κ1) is 14.4. The van der Waals surface area contributed by atoms with Crippen molar-refractivity contribution in [2.75, 3.05) is 0 Å². The number of amides is 3. The van der Waals surface area contributed by atoms with E-state index in [1.165, 1.54) is 16.1 Å². The minimum absolute atomic E-state index is 0.153. The third-order valence-corrected chi connectivity index (χ3v) is 5.61. The number of aryl methyl sites for hydroxylation is 2. The molecule has 0 bridgehead atoms. The topological polar surface area (TPSA) is 80.1 Å². The predicted molar refractivity (Wildman–Crippen MR) is 83.7 cm³/mol. The molecule has 0 radical (unpaired) electrons. The Bertz CT molecular complexity index is 782. The standard InChI is InChI=1S/C15H17N5O2S/c1-2-20-12(16-9-17-20)8-19-13(21)15(18-14(19)22)6-3-4-11-10(15)5-7-23-11/h5,7,9H,2-4,6,8H2,1H3,(H,18,22). The van der Waals surface area contributed by atoms with Crippen molar-refractivity contribution in [3.8, 4) is 0 Å². The molecule has 7 nitrogen and oxygen atoms in total. The molecule has 8 heteroatoms. The third kappa shape index (κ3) is 2.01. The highest BCUT2D eigenvalue weighted by Crippen LogP contribution is 2.42. The Labute approximate surface area is 137 Å². The number of hydrogen-bond donors (Lipinski definition) is 1. The zero-order chi connectivity index (χ0) is 16.0. The number of carbonyl (C=O) groups is 2. The minimum atomic E-state index is -0.887. The van der Waals surface area contributed by atoms with E-state index in [9.17, 15) is 9.59 Å². The van der Waals surface area contributed by atoms with Gasteiger partial charge in [-0.25, -0.2) is 14.5 Å². The molecule has 1 atom stereocenters. The summed E-state index contributed by atoms with van der Waals surface area (Å²) in [6.45, 7) is 2.75. The lowest BCUT2D eigenvalue weighted by molar-refractivity contribution is -0.132. The quantitative estimate of drug-likeness (QED) is 0.867. The molecule has 1 spiro atoms. The maximum absolute atomic E-state index is 13.1. The zero-order valence-electron chi connectivity index (χ0n) is 12.8. The second-order valence-electron chi connectivity index (χ2n) is 5.83. The highest BCUT2D eigenvalue weighted by Gasteiger charge is 2.54. The molecule has 23 heavy (non-hydrogen) atoms. The molecule has 1 N–H and O–H groups in total. The van der Waals surface area contributed by atoms with Crippen LogP contribution in [0.5, 0.6) is 0 Å². The van der Waals surface area contributed by atoms with Crippen LogP contribution in [0.2, 0.25) is 0 Å². The second kappa shape index (κ2) is 5.16. The predicted octanol–water partition coefficient (Wildman–Crippen LogP) is 1.64. The van der Waals surface area contributed by atoms with Crippen molar-refractivity contribution < 1.29 is 9.59 Å². The smallest absolute Gasteiger partial charge is 0.319 e. The fourth-order valence-corrected chi connectivity index (χ4v) is 4.50. The van der Waals surface area contributed by atoms with Crippen LogP contribution >= 0.6 is 11.3 Å². The molecular weight excluding hydrogens is 314 g/mol. The Morgan fingerprint density at radius 1 is 1.43 bits per heavy atom. The fraction of sp³-hybridized carbons (Fsp3) is 0.467. The average molecular weight is 331 g/mol. The van der Waals surface area contributed by atoms with Gasteiger partial charge in [0, 0.05) is 17.0 Å². The monoisotopic (exact) mass is 331 g/mol. The van der Waals surface area contributed by atoms with E-state index in [1.54, 1.807) is 16.0 Å². The molecule has 1 fully saturated rings. The summed E-state index contributed by atoms with van der Waals surface area (Å²) in [5.74, 6) is 0.446. The lowest BCUT2D eigenvalue weighted by Gasteiger charge is -2.31. The van der Waals surface area contributed by atoms with Crippen LogP contribution in [0.4, 0.5) is 4.79 Å². The van der Waals surface area contributed by atoms with E-state index in [-0.39, 0.29) is 18.5 Å². The molecule has 1 aliphatic carbocycles. The molecule has 4 rings (SSSR count). The summed E-state index contributed by atoms with van der Waals surface area (Å²) in [4.78, 5) is 32.2. The van der Waals surface area contributed by atoms with Gasteiger partial charge in [-0.1, -0.05) is 0 Å². The van der Waals surface area contributed by atoms with Crippen LogP contribution in [0.3, 0.4) is 0 Å². The van der Waals surface area contributed by atoms with Gasteiger partial charge in [-0.05, 0) is 37.6 Å². The Morgan fingerprint density at radius 3 is 3.13 bits per heavy atom. The molecule has 1 aliphatic heterocycles. The lowest BCUT2D eigenvalue weighted by Crippen LogP contribution is -2.46. The Balaban J connectivity index is 1.68. The third-order valence-electron chi connectivity index (χ3n) is 4.63. The van der Waals surface area contributed by atoms with Crippen molar-refractivity contribution in [1.82, 2.24) is 25.0 Å². The van der Waals surface area contributed by atoms with Gasteiger partial charge < -0.3 is 5.32 Å². The molecule has 2 aliphatic rings. The molecule has 3 heterocycles. The summed E-state index contributed by atoms with van der Waals surface area (Å²) in [5.41, 5.74) is 0.0772. The Kier molecular flexibility index (Phi) is 3.22. The number of aromatic nitrogens is 3. The fourth-order valence-electron chi connectivity index (χ4n) is 3.50. The molecular formula is C15H17N5O2S. The number of carbonyl (C=O) groups excluding carboxylic acids is 2. The highest BCUT2D eigenvalue weighted by atomic mass is 32.1. The number of rotatable bonds is 3. The van der Waals surface area contributed by atoms with E-state index in [0.717, 1.165) is 18.4 Å². The normalized spacial score (nSPS) is 23.4. The molecule has 1 saturated heterocycles. The summed E-state index contributed by atoms with van der Waals surface area (Å²) in [5, 5.41) is 9.04. The lowest BCUT2D eigenvalue weighted by atomic mass is 9.80. The van der Waals surface area contributed by atoms with Gasteiger partial charge in [-0.15, -0.1) is 11.3 Å². The molecule has 2 aromatic rings. The Morgan fingerprint density at radius 2 is 2.30 bits per heavy atom. The van der Waals surface area contributed by atoms with Crippen LogP contribution in [0.15, 0.2) is 17.8 Å². The summed E-state index contributed by atoms with van der Waals surface area (Å²) in [6.07, 6.45) is 3.98. The number of imide groups is 1. The number of thiophene rings is 1. The maximum Gasteiger partial charge on any atom is 0.325 e. The van der Waals surface area contributed by atoms with E-state index in [0.29, 0.717) is 18.8 Å². The van der Waals surface area contributed by atoms with Crippen molar-refractivity contribution >= 4 is 23.3 Å². The van der Waals surface area contributed by atoms with Crippen molar-refractivity contribution in [1.29, 1.82) is 0 Å². The first-order chi connectivity index (χ1) is 11.2. The van der Waals surface area contributed by atoms with E-state index in [4.69, 9.17) is 0 Å². The van der Waals surface area contributed by atoms with Crippen LogP contribution in [0.25, 0.3) is 0 Å². The van der Waals surface area contributed by atoms with Crippen molar-refractivity contribution in [2.24, 2.45) is 0 Å². The minimum Gasteiger partial charge on any atom is -0.319 e. The summed E-state index contributed by atoms with van der Waals surface area (Å²) in [6, 6.07) is 1.62. The van der Waals surface area contributed by atoms with Crippen LogP contribution in [-0.2, 0) is 29.8 Å². The van der Waals surface area contributed by atoms with Gasteiger partial charge in [0.1, 0.15) is 17.7 Å². The SMILES string of the molecule is CCn1ncnc1CN1C(=O)NC2(CCCc3sccc32)C1=O. The molecule has 0 saturated carbocycles. The zero-order valence-corrected chi connectivity index (χ0v) is 13.6. The molecule has 2 aromatic heterocycles. The van der Waals surface area contributed by atoms with Gasteiger partial charge in [0.05, 0.1) is 6.54 Å². The first-order valence-corrected chi connectivity index (χ1v) is 8.61. The highest BCUT2D eigenvalue weighted by molar-refractivity contribution is 7.10. The maximum atomic E-state index is 13.1. The van der Waals surface area contributed by atoms with E-state index < -0.39 is 5.54 Å². The molecule has 3 amide bonds. The molecule has 1 unspecified atom stereocenters. The van der Waals surface area contributed by atoms with Gasteiger partial charge >= 0.3 is 6.03 Å². The van der Waals surface area contributed by atoms with E-state index in [2.05, 4.69) is 15.4 Å². The van der Waals surface area contributed by atoms with E-state index in [1.807, 2.05) is 18.4 Å². The van der Waals surface area contributed by atoms with Gasteiger partial charge in [-0.2, -0.15) is 5.10 Å². The van der Waals surface area contributed by atoms with Gasteiger partial charge in [-0.3, -0.25) is 9.69 Å². The van der Waals surface area contributed by atoms with Crippen LogP contribution < -0.4 is 5.32 Å². The number of nitrogens with one attached hydrogen (secondary N) is 1. The van der Waals surface area contributed by atoms with Crippen molar-refractivity contribution in [3.63, 3.8) is 0 Å². The number of nitrogens with zero attached hydrogens (tertiary/aromatic N) is 4. The molecule has 120 valence electrons. The summed E-state index contributed by atoms with van der Waals surface area (Å²) in [7, 11) is 0. The van der Waals surface area contributed by atoms with Gasteiger partial charge in [0.25, 0.3) is 5.91 Å².